The van der Waals surface area contributed by atoms with E-state index in [1.54, 1.807) is 0 Å². The van der Waals surface area contributed by atoms with Crippen LogP contribution in [0.3, 0.4) is 0 Å². The Morgan fingerprint density at radius 3 is 2.77 bits per heavy atom. The summed E-state index contributed by atoms with van der Waals surface area (Å²) in [5, 5.41) is 0. The number of hydrogen-bond donors (Lipinski definition) is 0. The van der Waals surface area contributed by atoms with Gasteiger partial charge in [0.25, 0.3) is 0 Å². The number of likely N-dealkylation sites (N-methyl/N-ethyl adjacent to an activating group) is 1. The molecule has 2 rings (SSSR count). The van der Waals surface area contributed by atoms with E-state index in [-0.39, 0.29) is 0 Å². The van der Waals surface area contributed by atoms with Gasteiger partial charge >= 0.3 is 0 Å². The molecule has 0 aromatic rings. The normalized spacial score (nSPS) is 31.3. The summed E-state index contributed by atoms with van der Waals surface area (Å²) in [7, 11) is 0. The van der Waals surface area contributed by atoms with E-state index in [2.05, 4.69) is 23.3 Å². The van der Waals surface area contributed by atoms with Crippen molar-refractivity contribution in [3.8, 4) is 0 Å². The van der Waals surface area contributed by atoms with Gasteiger partial charge in [-0.2, -0.15) is 0 Å². The molecule has 0 amide bonds. The molecule has 0 N–H and O–H groups in total. The van der Waals surface area contributed by atoms with E-state index < -0.39 is 0 Å². The molecular formula is C11H22N2. The summed E-state index contributed by atoms with van der Waals surface area (Å²) in [5.74, 6) is 0. The summed E-state index contributed by atoms with van der Waals surface area (Å²) >= 11 is 0. The van der Waals surface area contributed by atoms with Crippen LogP contribution in [-0.4, -0.2) is 42.0 Å². The summed E-state index contributed by atoms with van der Waals surface area (Å²) < 4.78 is 0. The molecule has 2 nitrogen and oxygen atoms in total. The average molecular weight is 182 g/mol. The van der Waals surface area contributed by atoms with Crippen LogP contribution in [0, 0.1) is 0 Å². The van der Waals surface area contributed by atoms with Crippen molar-refractivity contribution in [2.24, 2.45) is 0 Å². The van der Waals surface area contributed by atoms with Gasteiger partial charge in [0.2, 0.25) is 0 Å². The molecule has 0 aromatic heterocycles. The first-order chi connectivity index (χ1) is 6.31. The molecule has 2 bridgehead atoms. The van der Waals surface area contributed by atoms with Crippen molar-refractivity contribution < 1.29 is 0 Å². The maximum atomic E-state index is 4.09. The van der Waals surface area contributed by atoms with E-state index in [9.17, 15) is 0 Å². The molecule has 2 fully saturated rings. The quantitative estimate of drug-likeness (QED) is 0.611. The minimum Gasteiger partial charge on any atom is -0.370 e. The predicted octanol–water partition coefficient (Wildman–Crippen LogP) is 1.94. The van der Waals surface area contributed by atoms with Crippen molar-refractivity contribution in [3.63, 3.8) is 0 Å². The third-order valence-electron chi connectivity index (χ3n) is 2.84. The van der Waals surface area contributed by atoms with E-state index in [0.717, 1.165) is 19.1 Å². The molecule has 0 saturated carbocycles. The highest BCUT2D eigenvalue weighted by Crippen LogP contribution is 2.25. The first-order valence-corrected chi connectivity index (χ1v) is 5.48. The summed E-state index contributed by atoms with van der Waals surface area (Å²) in [6.07, 6.45) is 1.34. The monoisotopic (exact) mass is 182 g/mol. The molecular weight excluding hydrogens is 160 g/mol. The van der Waals surface area contributed by atoms with Crippen LogP contribution in [0.25, 0.3) is 0 Å². The molecule has 2 aliphatic rings. The lowest BCUT2D eigenvalue weighted by molar-refractivity contribution is 0.193. The number of nitrogens with zero attached hydrogens (tertiary/aromatic N) is 2. The molecule has 2 heteroatoms. The van der Waals surface area contributed by atoms with Gasteiger partial charge in [-0.15, -0.1) is 0 Å². The Morgan fingerprint density at radius 1 is 1.46 bits per heavy atom. The van der Waals surface area contributed by atoms with Crippen molar-refractivity contribution in [2.75, 3.05) is 26.2 Å². The Morgan fingerprint density at radius 2 is 2.15 bits per heavy atom. The zero-order valence-electron chi connectivity index (χ0n) is 9.21. The fourth-order valence-electron chi connectivity index (χ4n) is 2.30. The van der Waals surface area contributed by atoms with Gasteiger partial charge in [0.1, 0.15) is 0 Å². The van der Waals surface area contributed by atoms with Crippen LogP contribution in [-0.2, 0) is 0 Å². The summed E-state index contributed by atoms with van der Waals surface area (Å²) in [5.41, 5.74) is 1.32. The molecule has 2 saturated heterocycles. The van der Waals surface area contributed by atoms with Crippen molar-refractivity contribution >= 4 is 0 Å². The van der Waals surface area contributed by atoms with Gasteiger partial charge in [0.15, 0.2) is 0 Å². The Hall–Kier alpha value is -0.500. The molecule has 76 valence electrons. The molecule has 2 heterocycles. The van der Waals surface area contributed by atoms with Crippen LogP contribution in [0.5, 0.6) is 0 Å². The standard InChI is InChI=1S/C9H16N2.C2H6/c1-3-11-8(2)6-10-5-4-9(11)7-10;1-2/h9H,2-7H2,1H3;1-2H3. The highest BCUT2D eigenvalue weighted by molar-refractivity contribution is 5.07. The molecule has 0 aliphatic carbocycles. The Balaban J connectivity index is 0.000000396. The lowest BCUT2D eigenvalue weighted by Crippen LogP contribution is -2.44. The molecule has 0 aromatic carbocycles. The first kappa shape index (κ1) is 10.6. The summed E-state index contributed by atoms with van der Waals surface area (Å²) in [6.45, 7) is 15.1. The minimum atomic E-state index is 0.779. The second kappa shape index (κ2) is 4.66. The Kier molecular flexibility index (Phi) is 3.79. The van der Waals surface area contributed by atoms with E-state index in [0.29, 0.717) is 0 Å². The van der Waals surface area contributed by atoms with Crippen LogP contribution < -0.4 is 0 Å². The van der Waals surface area contributed by atoms with Gasteiger partial charge in [-0.05, 0) is 13.3 Å². The number of piperazine rings is 1. The topological polar surface area (TPSA) is 6.48 Å². The maximum absolute atomic E-state index is 4.09. The highest BCUT2D eigenvalue weighted by atomic mass is 15.3. The van der Waals surface area contributed by atoms with Crippen LogP contribution in [0.4, 0.5) is 0 Å². The van der Waals surface area contributed by atoms with E-state index in [1.807, 2.05) is 13.8 Å². The number of rotatable bonds is 1. The number of hydrogen-bond acceptors (Lipinski definition) is 2. The molecule has 2 atom stereocenters. The predicted molar refractivity (Wildman–Crippen MR) is 57.7 cm³/mol. The second-order valence-corrected chi connectivity index (χ2v) is 3.53. The highest BCUT2D eigenvalue weighted by Gasteiger charge is 2.32. The van der Waals surface area contributed by atoms with Crippen molar-refractivity contribution in [3.05, 3.63) is 12.3 Å². The van der Waals surface area contributed by atoms with Gasteiger partial charge in [-0.25, -0.2) is 0 Å². The van der Waals surface area contributed by atoms with Crippen molar-refractivity contribution in [2.45, 2.75) is 33.2 Å². The van der Waals surface area contributed by atoms with Crippen LogP contribution >= 0.6 is 0 Å². The first-order valence-electron chi connectivity index (χ1n) is 5.48. The van der Waals surface area contributed by atoms with Crippen LogP contribution in [0.1, 0.15) is 27.2 Å². The Bertz CT molecular complexity index is 177. The summed E-state index contributed by atoms with van der Waals surface area (Å²) in [6, 6.07) is 0.779. The summed E-state index contributed by atoms with van der Waals surface area (Å²) in [4.78, 5) is 4.96. The molecule has 13 heavy (non-hydrogen) atoms. The Labute approximate surface area is 82.2 Å². The average Bonchev–Trinajstić information content (AvgIpc) is 2.53. The van der Waals surface area contributed by atoms with E-state index in [4.69, 9.17) is 0 Å². The fourth-order valence-corrected chi connectivity index (χ4v) is 2.30. The van der Waals surface area contributed by atoms with Gasteiger partial charge in [-0.1, -0.05) is 20.4 Å². The zero-order chi connectivity index (χ0) is 9.84. The lowest BCUT2D eigenvalue weighted by Gasteiger charge is -2.37. The third kappa shape index (κ3) is 2.05. The SMILES string of the molecule is C=C1CN2CCC(C2)N1CC.CC. The molecule has 2 unspecified atom stereocenters. The zero-order valence-corrected chi connectivity index (χ0v) is 9.21. The van der Waals surface area contributed by atoms with Gasteiger partial charge in [0.05, 0.1) is 0 Å². The van der Waals surface area contributed by atoms with E-state index >= 15 is 0 Å². The molecule has 0 spiro atoms. The maximum Gasteiger partial charge on any atom is 0.0426 e. The van der Waals surface area contributed by atoms with Crippen LogP contribution in [0.2, 0.25) is 0 Å². The van der Waals surface area contributed by atoms with Gasteiger partial charge in [-0.3, -0.25) is 4.90 Å². The fraction of sp³-hybridized carbons (Fsp3) is 0.818. The smallest absolute Gasteiger partial charge is 0.0426 e. The van der Waals surface area contributed by atoms with Crippen molar-refractivity contribution in [1.29, 1.82) is 0 Å². The van der Waals surface area contributed by atoms with Crippen LogP contribution in [0.15, 0.2) is 12.3 Å². The van der Waals surface area contributed by atoms with Gasteiger partial charge < -0.3 is 4.90 Å². The molecule has 2 aliphatic heterocycles. The minimum absolute atomic E-state index is 0.779. The lowest BCUT2D eigenvalue weighted by atomic mass is 10.2. The second-order valence-electron chi connectivity index (χ2n) is 3.53. The van der Waals surface area contributed by atoms with Gasteiger partial charge in [0, 0.05) is 37.9 Å². The number of fused-ring (bicyclic) bond motifs is 2. The largest absolute Gasteiger partial charge is 0.370 e. The third-order valence-corrected chi connectivity index (χ3v) is 2.84. The van der Waals surface area contributed by atoms with E-state index in [1.165, 1.54) is 25.2 Å². The molecule has 0 radical (unpaired) electrons. The van der Waals surface area contributed by atoms with Crippen molar-refractivity contribution in [1.82, 2.24) is 9.80 Å².